The SMILES string of the molecule is O=C(c1ccc[nH]c1=O)N1CCC(Oc2ncccn2)CC1. The van der Waals surface area contributed by atoms with E-state index in [1.807, 2.05) is 0 Å². The molecule has 7 nitrogen and oxygen atoms in total. The number of nitrogens with one attached hydrogen (secondary N) is 1. The summed E-state index contributed by atoms with van der Waals surface area (Å²) in [6.45, 7) is 1.09. The van der Waals surface area contributed by atoms with Gasteiger partial charge in [0, 0.05) is 44.5 Å². The quantitative estimate of drug-likeness (QED) is 0.908. The van der Waals surface area contributed by atoms with Crippen LogP contribution in [0.3, 0.4) is 0 Å². The van der Waals surface area contributed by atoms with Crippen LogP contribution in [0.5, 0.6) is 6.01 Å². The van der Waals surface area contributed by atoms with Crippen molar-refractivity contribution >= 4 is 5.91 Å². The average Bonchev–Trinajstić information content (AvgIpc) is 2.56. The topological polar surface area (TPSA) is 88.2 Å². The first-order chi connectivity index (χ1) is 10.7. The van der Waals surface area contributed by atoms with Crippen LogP contribution in [0.1, 0.15) is 23.2 Å². The molecule has 2 aromatic heterocycles. The lowest BCUT2D eigenvalue weighted by Crippen LogP contribution is -2.43. The van der Waals surface area contributed by atoms with Crippen molar-refractivity contribution < 1.29 is 9.53 Å². The monoisotopic (exact) mass is 300 g/mol. The van der Waals surface area contributed by atoms with E-state index in [-0.39, 0.29) is 23.1 Å². The molecule has 0 unspecified atom stereocenters. The second-order valence-corrected chi connectivity index (χ2v) is 5.05. The van der Waals surface area contributed by atoms with Gasteiger partial charge in [0.05, 0.1) is 0 Å². The molecule has 0 bridgehead atoms. The summed E-state index contributed by atoms with van der Waals surface area (Å²) < 4.78 is 5.68. The summed E-state index contributed by atoms with van der Waals surface area (Å²) >= 11 is 0. The lowest BCUT2D eigenvalue weighted by Gasteiger charge is -2.31. The van der Waals surface area contributed by atoms with Crippen LogP contribution < -0.4 is 10.3 Å². The van der Waals surface area contributed by atoms with E-state index in [9.17, 15) is 9.59 Å². The van der Waals surface area contributed by atoms with Gasteiger partial charge in [0.25, 0.3) is 11.5 Å². The van der Waals surface area contributed by atoms with Crippen molar-refractivity contribution in [1.82, 2.24) is 19.9 Å². The normalized spacial score (nSPS) is 15.5. The van der Waals surface area contributed by atoms with Crippen LogP contribution in [-0.2, 0) is 0 Å². The zero-order valence-electron chi connectivity index (χ0n) is 11.9. The van der Waals surface area contributed by atoms with Crippen LogP contribution in [0.25, 0.3) is 0 Å². The number of likely N-dealkylation sites (tertiary alicyclic amines) is 1. The van der Waals surface area contributed by atoms with Crippen LogP contribution in [0, 0.1) is 0 Å². The Bertz CT molecular complexity index is 693. The third-order valence-corrected chi connectivity index (χ3v) is 3.59. The van der Waals surface area contributed by atoms with Crippen molar-refractivity contribution in [2.24, 2.45) is 0 Å². The third kappa shape index (κ3) is 3.13. The van der Waals surface area contributed by atoms with Crippen LogP contribution in [0.2, 0.25) is 0 Å². The fourth-order valence-electron chi connectivity index (χ4n) is 2.43. The summed E-state index contributed by atoms with van der Waals surface area (Å²) in [7, 11) is 0. The van der Waals surface area contributed by atoms with Gasteiger partial charge in [-0.05, 0) is 18.2 Å². The first kappa shape index (κ1) is 14.2. The molecular formula is C15H16N4O3. The van der Waals surface area contributed by atoms with Gasteiger partial charge in [-0.3, -0.25) is 9.59 Å². The highest BCUT2D eigenvalue weighted by atomic mass is 16.5. The maximum absolute atomic E-state index is 12.3. The van der Waals surface area contributed by atoms with Crippen LogP contribution in [0.15, 0.2) is 41.6 Å². The molecule has 3 heterocycles. The molecular weight excluding hydrogens is 284 g/mol. The highest BCUT2D eigenvalue weighted by Crippen LogP contribution is 2.16. The molecule has 1 aliphatic heterocycles. The van der Waals surface area contributed by atoms with E-state index >= 15 is 0 Å². The molecule has 3 rings (SSSR count). The molecule has 1 saturated heterocycles. The van der Waals surface area contributed by atoms with Gasteiger partial charge in [0.15, 0.2) is 0 Å². The Balaban J connectivity index is 1.59. The van der Waals surface area contributed by atoms with E-state index in [0.717, 1.165) is 0 Å². The molecule has 0 aliphatic carbocycles. The molecule has 0 saturated carbocycles. The summed E-state index contributed by atoms with van der Waals surface area (Å²) in [6, 6.07) is 5.27. The molecule has 2 aromatic rings. The molecule has 22 heavy (non-hydrogen) atoms. The summed E-state index contributed by atoms with van der Waals surface area (Å²) in [4.78, 5) is 36.2. The predicted octanol–water partition coefficient (Wildman–Crippen LogP) is 0.848. The zero-order valence-corrected chi connectivity index (χ0v) is 11.9. The number of carbonyl (C=O) groups is 1. The van der Waals surface area contributed by atoms with Gasteiger partial charge in [0.2, 0.25) is 0 Å². The Morgan fingerprint density at radius 3 is 2.64 bits per heavy atom. The van der Waals surface area contributed by atoms with Crippen molar-refractivity contribution in [2.45, 2.75) is 18.9 Å². The molecule has 0 spiro atoms. The highest BCUT2D eigenvalue weighted by molar-refractivity contribution is 5.93. The first-order valence-corrected chi connectivity index (χ1v) is 7.14. The van der Waals surface area contributed by atoms with Crippen LogP contribution in [0.4, 0.5) is 0 Å². The molecule has 1 fully saturated rings. The van der Waals surface area contributed by atoms with Crippen molar-refractivity contribution in [3.63, 3.8) is 0 Å². The number of carbonyl (C=O) groups excluding carboxylic acids is 1. The number of rotatable bonds is 3. The Morgan fingerprint density at radius 1 is 1.23 bits per heavy atom. The highest BCUT2D eigenvalue weighted by Gasteiger charge is 2.26. The number of amides is 1. The maximum atomic E-state index is 12.3. The molecule has 0 radical (unpaired) electrons. The van der Waals surface area contributed by atoms with Crippen molar-refractivity contribution in [2.75, 3.05) is 13.1 Å². The molecule has 0 aromatic carbocycles. The molecule has 1 amide bonds. The Labute approximate surface area is 127 Å². The van der Waals surface area contributed by atoms with Gasteiger partial charge >= 0.3 is 6.01 Å². The fraction of sp³-hybridized carbons (Fsp3) is 0.333. The van der Waals surface area contributed by atoms with Crippen molar-refractivity contribution in [3.8, 4) is 6.01 Å². The predicted molar refractivity (Wildman–Crippen MR) is 78.6 cm³/mol. The molecule has 1 N–H and O–H groups in total. The van der Waals surface area contributed by atoms with Gasteiger partial charge in [-0.1, -0.05) is 0 Å². The number of pyridine rings is 1. The lowest BCUT2D eigenvalue weighted by atomic mass is 10.1. The van der Waals surface area contributed by atoms with Gasteiger partial charge in [0.1, 0.15) is 11.7 Å². The Morgan fingerprint density at radius 2 is 1.95 bits per heavy atom. The van der Waals surface area contributed by atoms with E-state index < -0.39 is 0 Å². The van der Waals surface area contributed by atoms with Gasteiger partial charge < -0.3 is 14.6 Å². The van der Waals surface area contributed by atoms with E-state index in [1.165, 1.54) is 6.20 Å². The third-order valence-electron chi connectivity index (χ3n) is 3.59. The number of hydrogen-bond acceptors (Lipinski definition) is 5. The number of H-pyrrole nitrogens is 1. The van der Waals surface area contributed by atoms with Crippen LogP contribution in [-0.4, -0.2) is 45.0 Å². The van der Waals surface area contributed by atoms with E-state index in [0.29, 0.717) is 31.9 Å². The first-order valence-electron chi connectivity index (χ1n) is 7.14. The van der Waals surface area contributed by atoms with E-state index in [2.05, 4.69) is 15.0 Å². The van der Waals surface area contributed by atoms with Gasteiger partial charge in [-0.25, -0.2) is 9.97 Å². The number of nitrogens with zero attached hydrogens (tertiary/aromatic N) is 3. The van der Waals surface area contributed by atoms with E-state index in [1.54, 1.807) is 35.5 Å². The largest absolute Gasteiger partial charge is 0.460 e. The lowest BCUT2D eigenvalue weighted by molar-refractivity contribution is 0.0577. The maximum Gasteiger partial charge on any atom is 0.316 e. The standard InChI is InChI=1S/C15H16N4O3/c20-13-12(3-1-6-16-13)14(21)19-9-4-11(5-10-19)22-15-17-7-2-8-18-15/h1-3,6-8,11H,4-5,9-10H2,(H,16,20). The second kappa shape index (κ2) is 6.38. The molecule has 7 heteroatoms. The van der Waals surface area contributed by atoms with Gasteiger partial charge in [-0.15, -0.1) is 0 Å². The fourth-order valence-corrected chi connectivity index (χ4v) is 2.43. The summed E-state index contributed by atoms with van der Waals surface area (Å²) in [5.41, 5.74) is -0.183. The molecule has 114 valence electrons. The molecule has 1 aliphatic rings. The second-order valence-electron chi connectivity index (χ2n) is 5.05. The van der Waals surface area contributed by atoms with Crippen molar-refractivity contribution in [1.29, 1.82) is 0 Å². The summed E-state index contributed by atoms with van der Waals surface area (Å²) in [5.74, 6) is -0.240. The van der Waals surface area contributed by atoms with Crippen molar-refractivity contribution in [3.05, 3.63) is 52.7 Å². The smallest absolute Gasteiger partial charge is 0.316 e. The number of piperidine rings is 1. The number of aromatic amines is 1. The minimum absolute atomic E-state index is 0.0134. The molecule has 0 atom stereocenters. The van der Waals surface area contributed by atoms with Crippen LogP contribution >= 0.6 is 0 Å². The minimum atomic E-state index is -0.358. The van der Waals surface area contributed by atoms with Gasteiger partial charge in [-0.2, -0.15) is 0 Å². The Hall–Kier alpha value is -2.70. The minimum Gasteiger partial charge on any atom is -0.460 e. The number of aromatic nitrogens is 3. The summed E-state index contributed by atoms with van der Waals surface area (Å²) in [6.07, 6.45) is 6.13. The zero-order chi connectivity index (χ0) is 15.4. The Kier molecular flexibility index (Phi) is 4.13. The van der Waals surface area contributed by atoms with E-state index in [4.69, 9.17) is 4.74 Å². The number of hydrogen-bond donors (Lipinski definition) is 1. The average molecular weight is 300 g/mol. The number of ether oxygens (including phenoxy) is 1. The summed E-state index contributed by atoms with van der Waals surface area (Å²) in [5, 5.41) is 0.